The van der Waals surface area contributed by atoms with Gasteiger partial charge in [0.2, 0.25) is 5.78 Å². The summed E-state index contributed by atoms with van der Waals surface area (Å²) in [5.74, 6) is -8.37. The molecular weight excluding hydrogens is 490 g/mol. The van der Waals surface area contributed by atoms with Gasteiger partial charge in [-0.3, -0.25) is 19.3 Å². The molecule has 2 aromatic carbocycles. The first-order valence-corrected chi connectivity index (χ1v) is 12.3. The number of hydrogen-bond acceptors (Lipinski definition) is 9. The van der Waals surface area contributed by atoms with E-state index in [2.05, 4.69) is 0 Å². The number of phenolic OH excluding ortho intramolecular Hbond substituents is 1. The third kappa shape index (κ3) is 3.25. The molecule has 0 saturated heterocycles. The number of carbonyl (C=O) groups excluding carboxylic acids is 3. The summed E-state index contributed by atoms with van der Waals surface area (Å²) in [7, 11) is 3.02. The van der Waals surface area contributed by atoms with E-state index >= 15 is 0 Å². The SMILES string of the molecule is CC(=O)C1=C(O)[C@@]2(O)C(=O)C3=C(O)c4c(O)cccc4[C@H](c4ccc(C)cc4)[C@H]3[C@H](O)[C@H]2[C@H](N(C)C)C1=O. The molecule has 0 unspecified atom stereocenters. The molecule has 3 aliphatic rings. The van der Waals surface area contributed by atoms with Gasteiger partial charge in [-0.05, 0) is 45.1 Å². The summed E-state index contributed by atoms with van der Waals surface area (Å²) in [5, 5.41) is 57.0. The zero-order valence-electron chi connectivity index (χ0n) is 21.3. The second kappa shape index (κ2) is 8.62. The number of aliphatic hydroxyl groups excluding tert-OH is 3. The van der Waals surface area contributed by atoms with Gasteiger partial charge >= 0.3 is 0 Å². The molecule has 0 aromatic heterocycles. The third-order valence-electron chi connectivity index (χ3n) is 8.20. The Balaban J connectivity index is 1.86. The van der Waals surface area contributed by atoms with Crippen molar-refractivity contribution < 1.29 is 39.9 Å². The van der Waals surface area contributed by atoms with Gasteiger partial charge in [-0.2, -0.15) is 0 Å². The number of ketones is 3. The molecule has 1 saturated carbocycles. The average Bonchev–Trinajstić information content (AvgIpc) is 2.84. The van der Waals surface area contributed by atoms with Gasteiger partial charge in [-0.1, -0.05) is 42.0 Å². The van der Waals surface area contributed by atoms with Gasteiger partial charge in [0, 0.05) is 17.4 Å². The molecule has 9 heteroatoms. The Hall–Kier alpha value is -3.79. The summed E-state index contributed by atoms with van der Waals surface area (Å²) >= 11 is 0. The highest BCUT2D eigenvalue weighted by molar-refractivity contribution is 6.25. The smallest absolute Gasteiger partial charge is 0.202 e. The summed E-state index contributed by atoms with van der Waals surface area (Å²) in [4.78, 5) is 41.4. The Morgan fingerprint density at radius 3 is 2.21 bits per heavy atom. The van der Waals surface area contributed by atoms with Crippen LogP contribution in [0.5, 0.6) is 5.75 Å². The number of aromatic hydroxyl groups is 1. The number of fused-ring (bicyclic) bond motifs is 3. The molecule has 5 rings (SSSR count). The number of nitrogens with zero attached hydrogens (tertiary/aromatic N) is 1. The minimum Gasteiger partial charge on any atom is -0.508 e. The number of hydrogen-bond donors (Lipinski definition) is 5. The van der Waals surface area contributed by atoms with E-state index in [0.29, 0.717) is 11.1 Å². The van der Waals surface area contributed by atoms with Gasteiger partial charge < -0.3 is 25.5 Å². The minimum absolute atomic E-state index is 0.0294. The van der Waals surface area contributed by atoms with E-state index in [9.17, 15) is 39.9 Å². The highest BCUT2D eigenvalue weighted by Crippen LogP contribution is 2.57. The fourth-order valence-corrected chi connectivity index (χ4v) is 6.54. The molecule has 0 bridgehead atoms. The lowest BCUT2D eigenvalue weighted by molar-refractivity contribution is -0.169. The standard InChI is InChI=1S/C29H29NO8/c1-12-8-10-14(11-9-12)18-15-6-5-7-16(32)19(15)24(33)21-20(18)25(34)22-23(30(3)4)26(35)17(13(2)31)27(36)29(22,38)28(21)37/h5-11,18,20,22-23,25,32-34,36,38H,1-4H3/t18-,20+,22+,23-,25-,29+/m0/s1. The molecule has 0 radical (unpaired) electrons. The van der Waals surface area contributed by atoms with Crippen LogP contribution in [0.25, 0.3) is 5.76 Å². The summed E-state index contributed by atoms with van der Waals surface area (Å²) in [6, 6.07) is 10.6. The van der Waals surface area contributed by atoms with Crippen molar-refractivity contribution in [3.05, 3.63) is 81.6 Å². The summed E-state index contributed by atoms with van der Waals surface area (Å²) < 4.78 is 0. The first-order chi connectivity index (χ1) is 17.8. The van der Waals surface area contributed by atoms with Crippen LogP contribution in [0.15, 0.2) is 59.4 Å². The maximum Gasteiger partial charge on any atom is 0.202 e. The zero-order chi connectivity index (χ0) is 27.8. The van der Waals surface area contributed by atoms with Crippen LogP contribution in [0, 0.1) is 18.8 Å². The van der Waals surface area contributed by atoms with Gasteiger partial charge in [0.05, 0.1) is 23.6 Å². The molecule has 0 heterocycles. The van der Waals surface area contributed by atoms with Crippen LogP contribution in [0.2, 0.25) is 0 Å². The van der Waals surface area contributed by atoms with Gasteiger partial charge in [0.1, 0.15) is 22.8 Å². The van der Waals surface area contributed by atoms with Crippen molar-refractivity contribution in [2.45, 2.75) is 37.5 Å². The van der Waals surface area contributed by atoms with Crippen LogP contribution in [0.3, 0.4) is 0 Å². The van der Waals surface area contributed by atoms with Crippen LogP contribution in [-0.4, -0.2) is 79.6 Å². The predicted octanol–water partition coefficient (Wildman–Crippen LogP) is 1.94. The van der Waals surface area contributed by atoms with E-state index in [1.807, 2.05) is 31.2 Å². The lowest BCUT2D eigenvalue weighted by Gasteiger charge is -2.54. The number of aryl methyl sites for hydroxylation is 1. The lowest BCUT2D eigenvalue weighted by atomic mass is 9.53. The van der Waals surface area contributed by atoms with Crippen LogP contribution in [0.4, 0.5) is 0 Å². The van der Waals surface area contributed by atoms with Crippen molar-refractivity contribution in [3.8, 4) is 5.75 Å². The van der Waals surface area contributed by atoms with Gasteiger partial charge in [0.15, 0.2) is 17.2 Å². The Labute approximate surface area is 219 Å². The monoisotopic (exact) mass is 519 g/mol. The normalized spacial score (nSPS) is 30.8. The van der Waals surface area contributed by atoms with E-state index in [-0.39, 0.29) is 11.3 Å². The van der Waals surface area contributed by atoms with Gasteiger partial charge in [-0.25, -0.2) is 0 Å². The first-order valence-electron chi connectivity index (χ1n) is 12.3. The van der Waals surface area contributed by atoms with Crippen molar-refractivity contribution >= 4 is 23.1 Å². The largest absolute Gasteiger partial charge is 0.508 e. The van der Waals surface area contributed by atoms with E-state index in [0.717, 1.165) is 12.5 Å². The Bertz CT molecular complexity index is 1450. The minimum atomic E-state index is -2.87. The van der Waals surface area contributed by atoms with Crippen LogP contribution >= 0.6 is 0 Å². The number of aliphatic hydroxyl groups is 4. The van der Waals surface area contributed by atoms with Crippen molar-refractivity contribution in [2.24, 2.45) is 11.8 Å². The number of likely N-dealkylation sites (N-methyl/N-ethyl adjacent to an activating group) is 1. The van der Waals surface area contributed by atoms with E-state index < -0.39 is 75.5 Å². The topological polar surface area (TPSA) is 156 Å². The molecule has 2 aromatic rings. The van der Waals surface area contributed by atoms with E-state index in [1.54, 1.807) is 12.1 Å². The molecule has 9 nitrogen and oxygen atoms in total. The van der Waals surface area contributed by atoms with Crippen molar-refractivity contribution in [1.82, 2.24) is 4.90 Å². The Morgan fingerprint density at radius 1 is 1.00 bits per heavy atom. The number of carbonyl (C=O) groups is 3. The van der Waals surface area contributed by atoms with E-state index in [4.69, 9.17) is 0 Å². The van der Waals surface area contributed by atoms with Gasteiger partial charge in [-0.15, -0.1) is 0 Å². The maximum atomic E-state index is 14.2. The summed E-state index contributed by atoms with van der Waals surface area (Å²) in [5.41, 5.74) is -1.94. The molecule has 198 valence electrons. The highest BCUT2D eigenvalue weighted by Gasteiger charge is 2.68. The second-order valence-corrected chi connectivity index (χ2v) is 10.6. The summed E-state index contributed by atoms with van der Waals surface area (Å²) in [6.07, 6.45) is -1.64. The predicted molar refractivity (Wildman–Crippen MR) is 136 cm³/mol. The molecular formula is C29H29NO8. The second-order valence-electron chi connectivity index (χ2n) is 10.6. The number of phenols is 1. The van der Waals surface area contributed by atoms with Crippen molar-refractivity contribution in [2.75, 3.05) is 14.1 Å². The van der Waals surface area contributed by atoms with Crippen LogP contribution in [-0.2, 0) is 14.4 Å². The molecule has 38 heavy (non-hydrogen) atoms. The lowest BCUT2D eigenvalue weighted by Crippen LogP contribution is -2.70. The molecule has 1 fully saturated rings. The fraction of sp³-hybridized carbons (Fsp3) is 0.345. The first kappa shape index (κ1) is 25.8. The highest BCUT2D eigenvalue weighted by atomic mass is 16.4. The average molecular weight is 520 g/mol. The Kier molecular flexibility index (Phi) is 5.86. The molecule has 0 spiro atoms. The molecule has 0 amide bonds. The van der Waals surface area contributed by atoms with Crippen molar-refractivity contribution in [3.63, 3.8) is 0 Å². The third-order valence-corrected chi connectivity index (χ3v) is 8.20. The summed E-state index contributed by atoms with van der Waals surface area (Å²) in [6.45, 7) is 2.93. The fourth-order valence-electron chi connectivity index (χ4n) is 6.54. The van der Waals surface area contributed by atoms with Gasteiger partial charge in [0.25, 0.3) is 0 Å². The quantitative estimate of drug-likeness (QED) is 0.383. The molecule has 6 atom stereocenters. The Morgan fingerprint density at radius 2 is 1.63 bits per heavy atom. The molecule has 3 aliphatic carbocycles. The zero-order valence-corrected chi connectivity index (χ0v) is 21.3. The molecule has 5 N–H and O–H groups in total. The number of rotatable bonds is 3. The van der Waals surface area contributed by atoms with E-state index in [1.165, 1.54) is 25.1 Å². The van der Waals surface area contributed by atoms with Crippen molar-refractivity contribution in [1.29, 1.82) is 0 Å². The maximum absolute atomic E-state index is 14.2. The molecule has 0 aliphatic heterocycles. The van der Waals surface area contributed by atoms with Crippen LogP contribution < -0.4 is 0 Å². The van der Waals surface area contributed by atoms with Crippen LogP contribution in [0.1, 0.15) is 35.1 Å². The number of benzene rings is 2. The number of Topliss-reactive ketones (excluding diaryl/α,β-unsaturated/α-hetero) is 3.